The average Bonchev–Trinajstić information content (AvgIpc) is 3.32. The van der Waals surface area contributed by atoms with Crippen molar-refractivity contribution in [1.82, 2.24) is 20.3 Å². The molecule has 32 heavy (non-hydrogen) atoms. The highest BCUT2D eigenvalue weighted by Crippen LogP contribution is 2.32. The van der Waals surface area contributed by atoms with E-state index in [-0.39, 0.29) is 23.9 Å². The maximum Gasteiger partial charge on any atom is 0.263 e. The van der Waals surface area contributed by atoms with E-state index < -0.39 is 6.67 Å². The van der Waals surface area contributed by atoms with E-state index in [9.17, 15) is 9.18 Å². The Labute approximate surface area is 188 Å². The quantitative estimate of drug-likeness (QED) is 0.536. The summed E-state index contributed by atoms with van der Waals surface area (Å²) in [5.41, 5.74) is 14.7. The summed E-state index contributed by atoms with van der Waals surface area (Å²) in [6.07, 6.45) is 2.22. The molecule has 11 heteroatoms. The van der Waals surface area contributed by atoms with Crippen LogP contribution in [0.2, 0.25) is 0 Å². The van der Waals surface area contributed by atoms with E-state index in [4.69, 9.17) is 16.2 Å². The molecule has 0 spiro atoms. The highest BCUT2D eigenvalue weighted by molar-refractivity contribution is 7.21. The molecular formula is C21H24FN7O2S. The van der Waals surface area contributed by atoms with E-state index in [1.165, 1.54) is 11.3 Å². The zero-order valence-electron chi connectivity index (χ0n) is 17.5. The van der Waals surface area contributed by atoms with Crippen molar-refractivity contribution >= 4 is 39.1 Å². The lowest BCUT2D eigenvalue weighted by Gasteiger charge is -2.26. The summed E-state index contributed by atoms with van der Waals surface area (Å²) < 4.78 is 18.9. The molecule has 3 aromatic rings. The number of nitrogens with zero attached hydrogens (tertiary/aromatic N) is 4. The largest absolute Gasteiger partial charge is 0.475 e. The third-order valence-electron chi connectivity index (χ3n) is 5.93. The minimum Gasteiger partial charge on any atom is -0.475 e. The second-order valence-electron chi connectivity index (χ2n) is 8.31. The number of pyridine rings is 1. The van der Waals surface area contributed by atoms with Crippen LogP contribution in [0.3, 0.4) is 0 Å². The molecule has 3 aromatic heterocycles. The molecule has 0 saturated carbocycles. The number of nitrogens with one attached hydrogen (secondary N) is 1. The highest BCUT2D eigenvalue weighted by Gasteiger charge is 2.32. The Kier molecular flexibility index (Phi) is 5.30. The van der Waals surface area contributed by atoms with Gasteiger partial charge in [0.25, 0.3) is 5.91 Å². The van der Waals surface area contributed by atoms with Crippen LogP contribution in [0.4, 0.5) is 15.9 Å². The Bertz CT molecular complexity index is 1190. The molecular weight excluding hydrogens is 433 g/mol. The van der Waals surface area contributed by atoms with Gasteiger partial charge in [-0.1, -0.05) is 0 Å². The van der Waals surface area contributed by atoms with Crippen LogP contribution in [-0.4, -0.2) is 59.3 Å². The molecule has 5 heterocycles. The number of alkyl halides is 1. The Morgan fingerprint density at radius 2 is 2.22 bits per heavy atom. The number of hydrogen-bond acceptors (Lipinski definition) is 9. The van der Waals surface area contributed by atoms with Crippen LogP contribution in [0.5, 0.6) is 5.88 Å². The Balaban J connectivity index is 1.28. The van der Waals surface area contributed by atoms with Crippen molar-refractivity contribution in [3.05, 3.63) is 34.5 Å². The normalized spacial score (nSPS) is 22.6. The Hall–Kier alpha value is -3.05. The van der Waals surface area contributed by atoms with Crippen LogP contribution in [0, 0.1) is 12.8 Å². The number of carbonyl (C=O) groups excluding carboxylic acids is 1. The van der Waals surface area contributed by atoms with Crippen LogP contribution in [-0.2, 0) is 6.42 Å². The van der Waals surface area contributed by atoms with Gasteiger partial charge in [0.2, 0.25) is 5.88 Å². The van der Waals surface area contributed by atoms with Crippen LogP contribution >= 0.6 is 11.3 Å². The standard InChI is InChI=1S/C21H24FN7O2S/c1-10-6-25-17-16(24)18(32-21(17)26-10)19(30)27-13-4-11-2-3-15(28-20(11)31-9-13)29-7-12(5-22)14(23)8-29/h2-3,6,12-14H,4-5,7-9,23-24H2,1H3,(H,27,30). The number of nitrogen functional groups attached to an aromatic ring is 1. The van der Waals surface area contributed by atoms with Gasteiger partial charge >= 0.3 is 0 Å². The molecule has 1 saturated heterocycles. The van der Waals surface area contributed by atoms with E-state index >= 15 is 0 Å². The Morgan fingerprint density at radius 3 is 3.00 bits per heavy atom. The Morgan fingerprint density at radius 1 is 1.38 bits per heavy atom. The first kappa shape index (κ1) is 20.8. The van der Waals surface area contributed by atoms with Gasteiger partial charge in [-0.2, -0.15) is 4.98 Å². The minimum atomic E-state index is -0.434. The molecule has 0 bridgehead atoms. The molecule has 9 nitrogen and oxygen atoms in total. The molecule has 0 radical (unpaired) electrons. The summed E-state index contributed by atoms with van der Waals surface area (Å²) in [5, 5.41) is 3.00. The van der Waals surface area contributed by atoms with E-state index in [1.54, 1.807) is 6.20 Å². The van der Waals surface area contributed by atoms with E-state index in [0.29, 0.717) is 52.9 Å². The third kappa shape index (κ3) is 3.71. The summed E-state index contributed by atoms with van der Waals surface area (Å²) in [6, 6.07) is 3.41. The number of rotatable bonds is 4. The lowest BCUT2D eigenvalue weighted by atomic mass is 10.1. The number of aromatic nitrogens is 3. The average molecular weight is 458 g/mol. The molecule has 5 N–H and O–H groups in total. The molecule has 1 fully saturated rings. The fraction of sp³-hybridized carbons (Fsp3) is 0.429. The number of aryl methyl sites for hydroxylation is 1. The zero-order chi connectivity index (χ0) is 22.4. The molecule has 1 amide bonds. The maximum atomic E-state index is 13.1. The lowest BCUT2D eigenvalue weighted by Crippen LogP contribution is -2.43. The predicted molar refractivity (Wildman–Crippen MR) is 121 cm³/mol. The molecule has 168 valence electrons. The first-order valence-corrected chi connectivity index (χ1v) is 11.3. The highest BCUT2D eigenvalue weighted by atomic mass is 32.1. The van der Waals surface area contributed by atoms with Gasteiger partial charge in [0.15, 0.2) is 0 Å². The van der Waals surface area contributed by atoms with Crippen molar-refractivity contribution in [2.75, 3.05) is 37.0 Å². The van der Waals surface area contributed by atoms with Crippen LogP contribution in [0.1, 0.15) is 20.9 Å². The molecule has 3 unspecified atom stereocenters. The first-order valence-electron chi connectivity index (χ1n) is 10.4. The van der Waals surface area contributed by atoms with Crippen molar-refractivity contribution in [1.29, 1.82) is 0 Å². The molecule has 3 atom stereocenters. The summed E-state index contributed by atoms with van der Waals surface area (Å²) in [6.45, 7) is 2.81. The molecule has 0 aliphatic carbocycles. The van der Waals surface area contributed by atoms with Crippen molar-refractivity contribution in [3.63, 3.8) is 0 Å². The van der Waals surface area contributed by atoms with E-state index in [0.717, 1.165) is 17.1 Å². The maximum absolute atomic E-state index is 13.1. The smallest absolute Gasteiger partial charge is 0.263 e. The third-order valence-corrected chi connectivity index (χ3v) is 7.01. The van der Waals surface area contributed by atoms with Gasteiger partial charge < -0.3 is 26.4 Å². The minimum absolute atomic E-state index is 0.177. The molecule has 0 aromatic carbocycles. The number of thiophene rings is 1. The molecule has 5 rings (SSSR count). The number of fused-ring (bicyclic) bond motifs is 2. The summed E-state index contributed by atoms with van der Waals surface area (Å²) in [7, 11) is 0. The zero-order valence-corrected chi connectivity index (χ0v) is 18.4. The number of ether oxygens (including phenoxy) is 1. The van der Waals surface area contributed by atoms with Crippen molar-refractivity contribution in [3.8, 4) is 5.88 Å². The summed E-state index contributed by atoms with van der Waals surface area (Å²) in [4.78, 5) is 29.2. The number of halogens is 1. The van der Waals surface area contributed by atoms with Crippen molar-refractivity contribution < 1.29 is 13.9 Å². The SMILES string of the molecule is Cc1cnc2c(N)c(C(=O)NC3COc4nc(N5CC(N)C(CF)C5)ccc4C3)sc2n1. The predicted octanol–water partition coefficient (Wildman–Crippen LogP) is 1.44. The fourth-order valence-electron chi connectivity index (χ4n) is 4.15. The summed E-state index contributed by atoms with van der Waals surface area (Å²) in [5.74, 6) is 0.820. The number of anilines is 2. The molecule has 2 aliphatic heterocycles. The van der Waals surface area contributed by atoms with Gasteiger partial charge in [0.05, 0.1) is 24.1 Å². The number of nitrogens with two attached hydrogens (primary N) is 2. The second kappa shape index (κ2) is 8.14. The van der Waals surface area contributed by atoms with Crippen LogP contribution < -0.4 is 26.4 Å². The fourth-order valence-corrected chi connectivity index (χ4v) is 5.15. The second-order valence-corrected chi connectivity index (χ2v) is 9.31. The van der Waals surface area contributed by atoms with Gasteiger partial charge in [-0.15, -0.1) is 11.3 Å². The van der Waals surface area contributed by atoms with E-state index in [1.807, 2.05) is 24.0 Å². The number of amides is 1. The van der Waals surface area contributed by atoms with E-state index in [2.05, 4.69) is 20.3 Å². The van der Waals surface area contributed by atoms with Gasteiger partial charge in [-0.05, 0) is 19.1 Å². The topological polar surface area (TPSA) is 132 Å². The number of carbonyl (C=O) groups is 1. The molecule has 2 aliphatic rings. The van der Waals surface area contributed by atoms with Crippen molar-refractivity contribution in [2.24, 2.45) is 11.7 Å². The van der Waals surface area contributed by atoms with Gasteiger partial charge in [-0.3, -0.25) is 9.18 Å². The van der Waals surface area contributed by atoms with Gasteiger partial charge in [-0.25, -0.2) is 9.97 Å². The first-order chi connectivity index (χ1) is 15.4. The van der Waals surface area contributed by atoms with Crippen LogP contribution in [0.15, 0.2) is 18.3 Å². The van der Waals surface area contributed by atoms with Crippen molar-refractivity contribution in [2.45, 2.75) is 25.4 Å². The van der Waals surface area contributed by atoms with Crippen LogP contribution in [0.25, 0.3) is 10.3 Å². The lowest BCUT2D eigenvalue weighted by molar-refractivity contribution is 0.0918. The summed E-state index contributed by atoms with van der Waals surface area (Å²) >= 11 is 1.23. The number of hydrogen-bond donors (Lipinski definition) is 3. The monoisotopic (exact) mass is 457 g/mol. The van der Waals surface area contributed by atoms with Gasteiger partial charge in [0, 0.05) is 43.2 Å². The van der Waals surface area contributed by atoms with Gasteiger partial charge in [0.1, 0.15) is 27.6 Å².